The Morgan fingerprint density at radius 2 is 1.62 bits per heavy atom. The molecule has 0 radical (unpaired) electrons. The lowest BCUT2D eigenvalue weighted by Crippen LogP contribution is -2.12. The molecule has 0 aliphatic heterocycles. The van der Waals surface area contributed by atoms with Crippen LogP contribution in [0.3, 0.4) is 0 Å². The Bertz CT molecular complexity index is 814. The van der Waals surface area contributed by atoms with Crippen molar-refractivity contribution in [2.24, 2.45) is 5.92 Å². The molecule has 0 saturated heterocycles. The molecule has 0 aromatic heterocycles. The Hall–Kier alpha value is -2.07. The van der Waals surface area contributed by atoms with Crippen LogP contribution in [-0.2, 0) is 12.8 Å². The van der Waals surface area contributed by atoms with Gasteiger partial charge in [-0.25, -0.2) is 4.39 Å². The van der Waals surface area contributed by atoms with E-state index in [1.807, 2.05) is 12.1 Å². The van der Waals surface area contributed by atoms with E-state index in [9.17, 15) is 4.39 Å². The number of hydrogen-bond acceptors (Lipinski definition) is 0. The fourth-order valence-electron chi connectivity index (χ4n) is 4.39. The minimum atomic E-state index is -0.0943. The smallest absolute Gasteiger partial charge is 0.127 e. The van der Waals surface area contributed by atoms with E-state index >= 15 is 0 Å². The molecule has 2 aromatic rings. The molecule has 1 heteroatoms. The summed E-state index contributed by atoms with van der Waals surface area (Å²) in [5.41, 5.74) is 4.57. The van der Waals surface area contributed by atoms with E-state index < -0.39 is 0 Å². The van der Waals surface area contributed by atoms with E-state index in [4.69, 9.17) is 0 Å². The van der Waals surface area contributed by atoms with Crippen LogP contribution >= 0.6 is 0 Å². The zero-order valence-corrected chi connectivity index (χ0v) is 18.1. The van der Waals surface area contributed by atoms with Crippen molar-refractivity contribution in [3.05, 3.63) is 70.5 Å². The van der Waals surface area contributed by atoms with Gasteiger partial charge in [-0.3, -0.25) is 0 Å². The molecule has 0 N–H and O–H groups in total. The van der Waals surface area contributed by atoms with Crippen LogP contribution in [0.4, 0.5) is 4.39 Å². The summed E-state index contributed by atoms with van der Waals surface area (Å²) in [6.45, 7) is 4.40. The maximum Gasteiger partial charge on any atom is 0.127 e. The Labute approximate surface area is 176 Å². The second-order valence-electron chi connectivity index (χ2n) is 8.57. The number of unbranched alkanes of at least 4 members (excludes halogenated alkanes) is 2. The van der Waals surface area contributed by atoms with Gasteiger partial charge in [0, 0.05) is 11.5 Å². The minimum absolute atomic E-state index is 0.0943. The Morgan fingerprint density at radius 1 is 0.862 bits per heavy atom. The van der Waals surface area contributed by atoms with Gasteiger partial charge in [-0.05, 0) is 79.7 Å². The summed E-state index contributed by atoms with van der Waals surface area (Å²) in [7, 11) is 0. The third-order valence-electron chi connectivity index (χ3n) is 6.24. The Kier molecular flexibility index (Phi) is 8.36. The molecule has 0 bridgehead atoms. The van der Waals surface area contributed by atoms with Crippen LogP contribution in [0.25, 0.3) is 0 Å². The zero-order valence-electron chi connectivity index (χ0n) is 18.1. The third kappa shape index (κ3) is 6.46. The largest absolute Gasteiger partial charge is 0.207 e. The Balaban J connectivity index is 1.52. The molecule has 2 aromatic carbocycles. The van der Waals surface area contributed by atoms with Crippen LogP contribution in [-0.4, -0.2) is 0 Å². The van der Waals surface area contributed by atoms with Gasteiger partial charge in [0.05, 0.1) is 0 Å². The normalized spacial score (nSPS) is 18.9. The SMILES string of the molecule is CCCCCc1ccc(C#CC2CCC(c3ccc(CCC)cc3)CC2)cc1F. The molecule has 0 amide bonds. The van der Waals surface area contributed by atoms with Crippen molar-refractivity contribution < 1.29 is 4.39 Å². The van der Waals surface area contributed by atoms with E-state index in [-0.39, 0.29) is 5.82 Å². The number of hydrogen-bond donors (Lipinski definition) is 0. The molecule has 1 aliphatic carbocycles. The van der Waals surface area contributed by atoms with Gasteiger partial charge < -0.3 is 0 Å². The predicted molar refractivity (Wildman–Crippen MR) is 122 cm³/mol. The minimum Gasteiger partial charge on any atom is -0.207 e. The predicted octanol–water partition coefficient (Wildman–Crippen LogP) is 7.84. The van der Waals surface area contributed by atoms with Crippen molar-refractivity contribution in [1.29, 1.82) is 0 Å². The van der Waals surface area contributed by atoms with Gasteiger partial charge in [0.1, 0.15) is 5.82 Å². The lowest BCUT2D eigenvalue weighted by atomic mass is 9.78. The van der Waals surface area contributed by atoms with Crippen molar-refractivity contribution in [2.45, 2.75) is 84.0 Å². The average Bonchev–Trinajstić information content (AvgIpc) is 2.75. The quantitative estimate of drug-likeness (QED) is 0.334. The van der Waals surface area contributed by atoms with E-state index in [2.05, 4.69) is 50.0 Å². The summed E-state index contributed by atoms with van der Waals surface area (Å²) in [4.78, 5) is 0. The van der Waals surface area contributed by atoms with Crippen LogP contribution in [0.5, 0.6) is 0 Å². The number of rotatable bonds is 7. The summed E-state index contributed by atoms with van der Waals surface area (Å²) in [5, 5.41) is 0. The molecule has 0 heterocycles. The maximum atomic E-state index is 14.3. The van der Waals surface area contributed by atoms with Gasteiger partial charge in [0.2, 0.25) is 0 Å². The zero-order chi connectivity index (χ0) is 20.5. The average molecular weight is 391 g/mol. The molecule has 0 atom stereocenters. The first-order valence-electron chi connectivity index (χ1n) is 11.6. The summed E-state index contributed by atoms with van der Waals surface area (Å²) in [5.74, 6) is 7.67. The van der Waals surface area contributed by atoms with E-state index in [1.165, 1.54) is 36.8 Å². The van der Waals surface area contributed by atoms with Crippen molar-refractivity contribution >= 4 is 0 Å². The fourth-order valence-corrected chi connectivity index (χ4v) is 4.39. The first-order chi connectivity index (χ1) is 14.2. The first kappa shape index (κ1) is 21.6. The van der Waals surface area contributed by atoms with Crippen LogP contribution in [0.15, 0.2) is 42.5 Å². The topological polar surface area (TPSA) is 0 Å². The summed E-state index contributed by atoms with van der Waals surface area (Å²) >= 11 is 0. The third-order valence-corrected chi connectivity index (χ3v) is 6.24. The van der Waals surface area contributed by atoms with E-state index in [0.29, 0.717) is 11.8 Å². The van der Waals surface area contributed by atoms with Gasteiger partial charge in [0.25, 0.3) is 0 Å². The highest BCUT2D eigenvalue weighted by Gasteiger charge is 2.21. The molecule has 3 rings (SSSR count). The van der Waals surface area contributed by atoms with E-state index in [0.717, 1.165) is 49.7 Å². The van der Waals surface area contributed by atoms with Crippen molar-refractivity contribution in [1.82, 2.24) is 0 Å². The Morgan fingerprint density at radius 3 is 2.28 bits per heavy atom. The van der Waals surface area contributed by atoms with Crippen LogP contribution in [0.2, 0.25) is 0 Å². The molecule has 0 unspecified atom stereocenters. The number of aryl methyl sites for hydroxylation is 2. The molecule has 1 aliphatic rings. The maximum absolute atomic E-state index is 14.3. The summed E-state index contributed by atoms with van der Waals surface area (Å²) < 4.78 is 14.3. The molecule has 154 valence electrons. The van der Waals surface area contributed by atoms with Gasteiger partial charge in [-0.2, -0.15) is 0 Å². The molecule has 1 fully saturated rings. The standard InChI is InChI=1S/C28H35F/c1-3-5-6-8-27-20-15-24(21-28(27)29)10-9-23-13-18-26(19-14-23)25-16-11-22(7-4-2)12-17-25/h11-12,15-17,20-21,23,26H,3-8,13-14,18-19H2,1-2H3. The van der Waals surface area contributed by atoms with Gasteiger partial charge in [-0.15, -0.1) is 0 Å². The molecule has 29 heavy (non-hydrogen) atoms. The highest BCUT2D eigenvalue weighted by atomic mass is 19.1. The lowest BCUT2D eigenvalue weighted by molar-refractivity contribution is 0.384. The molecular formula is C28H35F. The van der Waals surface area contributed by atoms with Gasteiger partial charge >= 0.3 is 0 Å². The van der Waals surface area contributed by atoms with Gasteiger partial charge in [-0.1, -0.05) is 75.3 Å². The van der Waals surface area contributed by atoms with Crippen LogP contribution in [0.1, 0.15) is 93.4 Å². The highest BCUT2D eigenvalue weighted by molar-refractivity contribution is 5.37. The second kappa shape index (κ2) is 11.2. The molecular weight excluding hydrogens is 355 g/mol. The second-order valence-corrected chi connectivity index (χ2v) is 8.57. The lowest BCUT2D eigenvalue weighted by Gasteiger charge is -2.26. The van der Waals surface area contributed by atoms with Crippen molar-refractivity contribution in [2.75, 3.05) is 0 Å². The first-order valence-corrected chi connectivity index (χ1v) is 11.6. The van der Waals surface area contributed by atoms with E-state index in [1.54, 1.807) is 6.07 Å². The van der Waals surface area contributed by atoms with Crippen LogP contribution < -0.4 is 0 Å². The molecule has 0 spiro atoms. The van der Waals surface area contributed by atoms with Crippen LogP contribution in [0, 0.1) is 23.6 Å². The summed E-state index contributed by atoms with van der Waals surface area (Å²) in [6, 6.07) is 14.8. The summed E-state index contributed by atoms with van der Waals surface area (Å²) in [6.07, 6.45) is 11.3. The fraction of sp³-hybridized carbons (Fsp3) is 0.500. The van der Waals surface area contributed by atoms with Crippen molar-refractivity contribution in [3.8, 4) is 11.8 Å². The molecule has 0 nitrogen and oxygen atoms in total. The highest BCUT2D eigenvalue weighted by Crippen LogP contribution is 2.35. The number of halogens is 1. The number of benzene rings is 2. The monoisotopic (exact) mass is 390 g/mol. The van der Waals surface area contributed by atoms with Gasteiger partial charge in [0.15, 0.2) is 0 Å². The molecule has 1 saturated carbocycles. The van der Waals surface area contributed by atoms with Crippen molar-refractivity contribution in [3.63, 3.8) is 0 Å².